The first-order chi connectivity index (χ1) is 8.04. The molecule has 17 heavy (non-hydrogen) atoms. The zero-order valence-electron chi connectivity index (χ0n) is 10.2. The van der Waals surface area contributed by atoms with E-state index >= 15 is 0 Å². The lowest BCUT2D eigenvalue weighted by Crippen LogP contribution is -2.23. The van der Waals surface area contributed by atoms with E-state index in [4.69, 9.17) is 4.74 Å². The largest absolute Gasteiger partial charge is 0.497 e. The maximum atomic E-state index is 11.9. The third-order valence-electron chi connectivity index (χ3n) is 2.19. The molecule has 1 rings (SSSR count). The number of hydrogen-bond donors (Lipinski definition) is 1. The van der Waals surface area contributed by atoms with Gasteiger partial charge >= 0.3 is 0 Å². The van der Waals surface area contributed by atoms with Gasteiger partial charge in [-0.3, -0.25) is 4.79 Å². The molecule has 0 unspecified atom stereocenters. The molecular formula is C13H16BrNO2. The molecule has 3 nitrogen and oxygen atoms in total. The minimum Gasteiger partial charge on any atom is -0.497 e. The number of allylic oxidation sites excluding steroid dienone is 1. The maximum Gasteiger partial charge on any atom is 0.252 e. The van der Waals surface area contributed by atoms with Gasteiger partial charge in [0.1, 0.15) is 5.75 Å². The Morgan fingerprint density at radius 2 is 2.18 bits per heavy atom. The van der Waals surface area contributed by atoms with Gasteiger partial charge in [0.25, 0.3) is 5.91 Å². The summed E-state index contributed by atoms with van der Waals surface area (Å²) in [6.45, 7) is 4.52. The number of methoxy groups -OCH3 is 1. The Morgan fingerprint density at radius 3 is 2.76 bits per heavy atom. The van der Waals surface area contributed by atoms with Gasteiger partial charge in [0.2, 0.25) is 0 Å². The number of nitrogens with one attached hydrogen (secondary N) is 1. The Bertz CT molecular complexity index is 437. The molecule has 0 aliphatic rings. The number of halogens is 1. The number of carbonyl (C=O) groups excluding carboxylic acids is 1. The van der Waals surface area contributed by atoms with Gasteiger partial charge < -0.3 is 10.1 Å². The van der Waals surface area contributed by atoms with Gasteiger partial charge in [0, 0.05) is 11.0 Å². The highest BCUT2D eigenvalue weighted by Gasteiger charge is 2.10. The standard InChI is InChI=1S/C13H16BrNO2/c1-9(2)6-7-15-13(16)11-8-10(17-3)4-5-12(11)14/h4-6,8H,7H2,1-3H3,(H,15,16). The molecule has 0 fully saturated rings. The monoisotopic (exact) mass is 297 g/mol. The molecule has 0 aromatic heterocycles. The number of hydrogen-bond acceptors (Lipinski definition) is 2. The van der Waals surface area contributed by atoms with Crippen LogP contribution in [0.15, 0.2) is 34.3 Å². The zero-order valence-corrected chi connectivity index (χ0v) is 11.8. The summed E-state index contributed by atoms with van der Waals surface area (Å²) in [5.74, 6) is 0.550. The Hall–Kier alpha value is -1.29. The third kappa shape index (κ3) is 4.23. The molecule has 4 heteroatoms. The summed E-state index contributed by atoms with van der Waals surface area (Å²) in [5.41, 5.74) is 1.75. The first kappa shape index (κ1) is 13.8. The van der Waals surface area contributed by atoms with Gasteiger partial charge in [-0.05, 0) is 48.0 Å². The molecule has 0 aliphatic heterocycles. The van der Waals surface area contributed by atoms with Crippen molar-refractivity contribution in [3.8, 4) is 5.75 Å². The molecule has 92 valence electrons. The van der Waals surface area contributed by atoms with Crippen molar-refractivity contribution in [2.45, 2.75) is 13.8 Å². The van der Waals surface area contributed by atoms with E-state index in [1.54, 1.807) is 25.3 Å². The Labute approximate surface area is 110 Å². The zero-order chi connectivity index (χ0) is 12.8. The molecular weight excluding hydrogens is 282 g/mol. The average molecular weight is 298 g/mol. The van der Waals surface area contributed by atoms with E-state index in [1.807, 2.05) is 19.9 Å². The van der Waals surface area contributed by atoms with Crippen LogP contribution in [0, 0.1) is 0 Å². The van der Waals surface area contributed by atoms with Crippen molar-refractivity contribution < 1.29 is 9.53 Å². The summed E-state index contributed by atoms with van der Waals surface area (Å²) in [6.07, 6.45) is 1.96. The fraction of sp³-hybridized carbons (Fsp3) is 0.308. The number of ether oxygens (including phenoxy) is 1. The van der Waals surface area contributed by atoms with Crippen LogP contribution >= 0.6 is 15.9 Å². The van der Waals surface area contributed by atoms with Gasteiger partial charge in [-0.25, -0.2) is 0 Å². The van der Waals surface area contributed by atoms with Crippen LogP contribution in [0.5, 0.6) is 5.75 Å². The maximum absolute atomic E-state index is 11.9. The van der Waals surface area contributed by atoms with Crippen molar-refractivity contribution in [3.05, 3.63) is 39.9 Å². The number of benzene rings is 1. The Kier molecular flexibility index (Phi) is 5.22. The summed E-state index contributed by atoms with van der Waals surface area (Å²) in [5, 5.41) is 2.82. The first-order valence-corrected chi connectivity index (χ1v) is 6.09. The van der Waals surface area contributed by atoms with Crippen molar-refractivity contribution in [2.24, 2.45) is 0 Å². The third-order valence-corrected chi connectivity index (χ3v) is 2.88. The van der Waals surface area contributed by atoms with Crippen LogP contribution in [0.3, 0.4) is 0 Å². The van der Waals surface area contributed by atoms with E-state index in [2.05, 4.69) is 21.2 Å². The summed E-state index contributed by atoms with van der Waals surface area (Å²) in [6, 6.07) is 5.31. The van der Waals surface area contributed by atoms with E-state index < -0.39 is 0 Å². The highest BCUT2D eigenvalue weighted by atomic mass is 79.9. The molecule has 1 amide bonds. The van der Waals surface area contributed by atoms with Crippen LogP contribution in [0.2, 0.25) is 0 Å². The molecule has 1 N–H and O–H groups in total. The van der Waals surface area contributed by atoms with Crippen LogP contribution in [-0.4, -0.2) is 19.6 Å². The summed E-state index contributed by atoms with van der Waals surface area (Å²) in [4.78, 5) is 11.9. The minimum atomic E-state index is -0.117. The molecule has 0 heterocycles. The van der Waals surface area contributed by atoms with Gasteiger partial charge in [0.05, 0.1) is 12.7 Å². The van der Waals surface area contributed by atoms with Crippen molar-refractivity contribution >= 4 is 21.8 Å². The number of carbonyl (C=O) groups is 1. The Balaban J connectivity index is 2.77. The summed E-state index contributed by atoms with van der Waals surface area (Å²) >= 11 is 3.35. The van der Waals surface area contributed by atoms with Crippen molar-refractivity contribution in [3.63, 3.8) is 0 Å². The van der Waals surface area contributed by atoms with Crippen molar-refractivity contribution in [1.29, 1.82) is 0 Å². The molecule has 0 bridgehead atoms. The minimum absolute atomic E-state index is 0.117. The van der Waals surface area contributed by atoms with Gasteiger partial charge in [-0.1, -0.05) is 11.6 Å². The second kappa shape index (κ2) is 6.45. The lowest BCUT2D eigenvalue weighted by atomic mass is 10.2. The average Bonchev–Trinajstić information content (AvgIpc) is 2.29. The first-order valence-electron chi connectivity index (χ1n) is 5.29. The lowest BCUT2D eigenvalue weighted by Gasteiger charge is -2.07. The molecule has 0 radical (unpaired) electrons. The van der Waals surface area contributed by atoms with Gasteiger partial charge in [-0.15, -0.1) is 0 Å². The molecule has 0 saturated carbocycles. The van der Waals surface area contributed by atoms with E-state index in [1.165, 1.54) is 5.57 Å². The number of amides is 1. The van der Waals surface area contributed by atoms with E-state index in [-0.39, 0.29) is 5.91 Å². The number of rotatable bonds is 4. The molecule has 0 saturated heterocycles. The fourth-order valence-electron chi connectivity index (χ4n) is 1.25. The van der Waals surface area contributed by atoms with Crippen LogP contribution in [-0.2, 0) is 0 Å². The quantitative estimate of drug-likeness (QED) is 0.867. The van der Waals surface area contributed by atoms with Crippen LogP contribution in [0.25, 0.3) is 0 Å². The van der Waals surface area contributed by atoms with Crippen LogP contribution in [0.1, 0.15) is 24.2 Å². The second-order valence-electron chi connectivity index (χ2n) is 3.84. The summed E-state index contributed by atoms with van der Waals surface area (Å²) < 4.78 is 5.85. The predicted octanol–water partition coefficient (Wildman–Crippen LogP) is 3.15. The predicted molar refractivity (Wildman–Crippen MR) is 72.5 cm³/mol. The van der Waals surface area contributed by atoms with E-state index in [0.29, 0.717) is 17.9 Å². The topological polar surface area (TPSA) is 38.3 Å². The molecule has 1 aromatic carbocycles. The molecule has 0 aliphatic carbocycles. The van der Waals surface area contributed by atoms with Crippen LogP contribution in [0.4, 0.5) is 0 Å². The fourth-order valence-corrected chi connectivity index (χ4v) is 1.68. The van der Waals surface area contributed by atoms with E-state index in [0.717, 1.165) is 4.47 Å². The van der Waals surface area contributed by atoms with Gasteiger partial charge in [0.15, 0.2) is 0 Å². The van der Waals surface area contributed by atoms with Gasteiger partial charge in [-0.2, -0.15) is 0 Å². The molecule has 1 aromatic rings. The highest BCUT2D eigenvalue weighted by molar-refractivity contribution is 9.10. The van der Waals surface area contributed by atoms with Crippen LogP contribution < -0.4 is 10.1 Å². The normalized spacial score (nSPS) is 9.65. The highest BCUT2D eigenvalue weighted by Crippen LogP contribution is 2.22. The van der Waals surface area contributed by atoms with E-state index in [9.17, 15) is 4.79 Å². The second-order valence-corrected chi connectivity index (χ2v) is 4.69. The SMILES string of the molecule is COc1ccc(Br)c(C(=O)NCC=C(C)C)c1. The molecule has 0 atom stereocenters. The smallest absolute Gasteiger partial charge is 0.252 e. The Morgan fingerprint density at radius 1 is 1.47 bits per heavy atom. The van der Waals surface area contributed by atoms with Crippen molar-refractivity contribution in [1.82, 2.24) is 5.32 Å². The lowest BCUT2D eigenvalue weighted by molar-refractivity contribution is 0.0957. The molecule has 0 spiro atoms. The van der Waals surface area contributed by atoms with Crippen molar-refractivity contribution in [2.75, 3.05) is 13.7 Å². The summed E-state index contributed by atoms with van der Waals surface area (Å²) in [7, 11) is 1.58.